The lowest BCUT2D eigenvalue weighted by atomic mass is 9.84. The van der Waals surface area contributed by atoms with Gasteiger partial charge in [0.05, 0.1) is 0 Å². The van der Waals surface area contributed by atoms with Crippen LogP contribution in [0, 0.1) is 0 Å². The number of carbonyl (C=O) groups is 1. The molecule has 0 radical (unpaired) electrons. The molecular formula is C16H18ClN5O2. The van der Waals surface area contributed by atoms with E-state index in [4.69, 9.17) is 16.1 Å². The molecule has 2 saturated heterocycles. The average Bonchev–Trinajstić information content (AvgIpc) is 3.08. The van der Waals surface area contributed by atoms with Gasteiger partial charge in [0.2, 0.25) is 11.7 Å². The molecule has 0 bridgehead atoms. The Morgan fingerprint density at radius 1 is 1.25 bits per heavy atom. The summed E-state index contributed by atoms with van der Waals surface area (Å²) in [4.78, 5) is 19.1. The second-order valence-corrected chi connectivity index (χ2v) is 6.54. The highest BCUT2D eigenvalue weighted by molar-refractivity contribution is 6.30. The highest BCUT2D eigenvalue weighted by Crippen LogP contribution is 2.33. The van der Waals surface area contributed by atoms with Crippen LogP contribution in [-0.2, 0) is 4.79 Å². The molecule has 4 rings (SSSR count). The number of piperazine rings is 1. The van der Waals surface area contributed by atoms with Crippen molar-refractivity contribution >= 4 is 23.5 Å². The van der Waals surface area contributed by atoms with Crippen LogP contribution in [-0.4, -0.2) is 47.8 Å². The predicted molar refractivity (Wildman–Crippen MR) is 89.9 cm³/mol. The van der Waals surface area contributed by atoms with Crippen molar-refractivity contribution in [1.29, 1.82) is 0 Å². The molecule has 2 aromatic rings. The summed E-state index contributed by atoms with van der Waals surface area (Å²) in [7, 11) is 0. The highest BCUT2D eigenvalue weighted by Gasteiger charge is 2.48. The number of carbonyl (C=O) groups excluding carboxylic acids is 1. The number of hydrogen-bond donors (Lipinski definition) is 2. The summed E-state index contributed by atoms with van der Waals surface area (Å²) in [5, 5.41) is 11.0. The van der Waals surface area contributed by atoms with Gasteiger partial charge in [0.15, 0.2) is 0 Å². The van der Waals surface area contributed by atoms with Crippen molar-refractivity contribution in [3.05, 3.63) is 29.3 Å². The van der Waals surface area contributed by atoms with Gasteiger partial charge >= 0.3 is 6.01 Å². The van der Waals surface area contributed by atoms with Crippen molar-refractivity contribution in [2.45, 2.75) is 18.4 Å². The first-order valence-electron chi connectivity index (χ1n) is 8.05. The summed E-state index contributed by atoms with van der Waals surface area (Å²) >= 11 is 6.03. The molecule has 0 atom stereocenters. The van der Waals surface area contributed by atoms with Crippen molar-refractivity contribution in [3.63, 3.8) is 0 Å². The minimum atomic E-state index is -0.609. The molecular weight excluding hydrogens is 330 g/mol. The second-order valence-electron chi connectivity index (χ2n) is 6.10. The molecule has 126 valence electrons. The molecule has 1 aromatic carbocycles. The zero-order valence-electron chi connectivity index (χ0n) is 13.1. The quantitative estimate of drug-likeness (QED) is 0.855. The van der Waals surface area contributed by atoms with E-state index in [1.54, 1.807) is 12.1 Å². The number of amides is 1. The molecule has 0 unspecified atom stereocenters. The van der Waals surface area contributed by atoms with Crippen LogP contribution in [0.2, 0.25) is 5.02 Å². The first-order chi connectivity index (χ1) is 11.7. The Hall–Kier alpha value is -2.12. The van der Waals surface area contributed by atoms with E-state index >= 15 is 0 Å². The number of benzene rings is 1. The van der Waals surface area contributed by atoms with Gasteiger partial charge in [-0.3, -0.25) is 4.79 Å². The Morgan fingerprint density at radius 2 is 2.08 bits per heavy atom. The maximum absolute atomic E-state index is 12.6. The van der Waals surface area contributed by atoms with Crippen LogP contribution in [0.25, 0.3) is 11.4 Å². The second kappa shape index (κ2) is 6.07. The van der Waals surface area contributed by atoms with Gasteiger partial charge in [-0.1, -0.05) is 28.9 Å². The zero-order chi connectivity index (χ0) is 16.6. The van der Waals surface area contributed by atoms with E-state index in [1.807, 2.05) is 17.0 Å². The standard InChI is InChI=1S/C16H18ClN5O2/c17-12-3-1-2-11(10-12)13-20-15(24-21-13)22-9-8-19-14(23)16(22)4-6-18-7-5-16/h1-3,10,18H,4-9H2,(H,19,23). The summed E-state index contributed by atoms with van der Waals surface area (Å²) in [6, 6.07) is 7.70. The van der Waals surface area contributed by atoms with E-state index in [9.17, 15) is 4.79 Å². The number of rotatable bonds is 2. The van der Waals surface area contributed by atoms with E-state index in [2.05, 4.69) is 20.8 Å². The summed E-state index contributed by atoms with van der Waals surface area (Å²) in [6.45, 7) is 2.81. The van der Waals surface area contributed by atoms with Gasteiger partial charge in [-0.15, -0.1) is 0 Å². The van der Waals surface area contributed by atoms with Gasteiger partial charge in [0.25, 0.3) is 0 Å². The van der Waals surface area contributed by atoms with E-state index in [-0.39, 0.29) is 5.91 Å². The first kappa shape index (κ1) is 15.4. The Bertz CT molecular complexity index is 756. The number of anilines is 1. The molecule has 1 aromatic heterocycles. The lowest BCUT2D eigenvalue weighted by Gasteiger charge is -2.46. The molecule has 3 heterocycles. The van der Waals surface area contributed by atoms with Crippen molar-refractivity contribution in [2.24, 2.45) is 0 Å². The normalized spacial score (nSPS) is 20.2. The summed E-state index contributed by atoms with van der Waals surface area (Å²) < 4.78 is 5.50. The van der Waals surface area contributed by atoms with Crippen LogP contribution < -0.4 is 15.5 Å². The maximum Gasteiger partial charge on any atom is 0.325 e. The van der Waals surface area contributed by atoms with Crippen LogP contribution in [0.1, 0.15) is 12.8 Å². The molecule has 2 N–H and O–H groups in total. The highest BCUT2D eigenvalue weighted by atomic mass is 35.5. The smallest absolute Gasteiger partial charge is 0.325 e. The van der Waals surface area contributed by atoms with Crippen LogP contribution in [0.3, 0.4) is 0 Å². The minimum absolute atomic E-state index is 0.0396. The topological polar surface area (TPSA) is 83.3 Å². The van der Waals surface area contributed by atoms with Crippen LogP contribution >= 0.6 is 11.6 Å². The van der Waals surface area contributed by atoms with Crippen molar-refractivity contribution in [2.75, 3.05) is 31.1 Å². The van der Waals surface area contributed by atoms with Gasteiger partial charge in [0, 0.05) is 23.7 Å². The third kappa shape index (κ3) is 2.53. The number of nitrogens with one attached hydrogen (secondary N) is 2. The fourth-order valence-corrected chi connectivity index (χ4v) is 3.66. The average molecular weight is 348 g/mol. The number of aromatic nitrogens is 2. The molecule has 0 saturated carbocycles. The van der Waals surface area contributed by atoms with Gasteiger partial charge in [-0.2, -0.15) is 4.98 Å². The van der Waals surface area contributed by atoms with Crippen LogP contribution in [0.5, 0.6) is 0 Å². The van der Waals surface area contributed by atoms with E-state index < -0.39 is 5.54 Å². The Labute approximate surface area is 144 Å². The molecule has 2 aliphatic heterocycles. The minimum Gasteiger partial charge on any atom is -0.352 e. The fraction of sp³-hybridized carbons (Fsp3) is 0.438. The first-order valence-corrected chi connectivity index (χ1v) is 8.43. The van der Waals surface area contributed by atoms with E-state index in [0.29, 0.717) is 42.8 Å². The largest absolute Gasteiger partial charge is 0.352 e. The van der Waals surface area contributed by atoms with E-state index in [0.717, 1.165) is 18.7 Å². The van der Waals surface area contributed by atoms with Crippen molar-refractivity contribution in [1.82, 2.24) is 20.8 Å². The maximum atomic E-state index is 12.6. The van der Waals surface area contributed by atoms with Gasteiger partial charge < -0.3 is 20.1 Å². The summed E-state index contributed by atoms with van der Waals surface area (Å²) in [5.41, 5.74) is 0.181. The Morgan fingerprint density at radius 3 is 2.88 bits per heavy atom. The molecule has 2 fully saturated rings. The monoisotopic (exact) mass is 347 g/mol. The molecule has 24 heavy (non-hydrogen) atoms. The summed E-state index contributed by atoms with van der Waals surface area (Å²) in [6.07, 6.45) is 1.43. The fourth-order valence-electron chi connectivity index (χ4n) is 3.47. The number of hydrogen-bond acceptors (Lipinski definition) is 6. The summed E-state index contributed by atoms with van der Waals surface area (Å²) in [5.74, 6) is 0.514. The third-order valence-electron chi connectivity index (χ3n) is 4.72. The molecule has 1 spiro atoms. The van der Waals surface area contributed by atoms with Gasteiger partial charge in [0.1, 0.15) is 5.54 Å². The number of halogens is 1. The van der Waals surface area contributed by atoms with Crippen LogP contribution in [0.15, 0.2) is 28.8 Å². The van der Waals surface area contributed by atoms with E-state index in [1.165, 1.54) is 0 Å². The lowest BCUT2D eigenvalue weighted by Crippen LogP contribution is -2.68. The number of piperidine rings is 1. The molecule has 7 nitrogen and oxygen atoms in total. The van der Waals surface area contributed by atoms with Gasteiger partial charge in [-0.25, -0.2) is 0 Å². The van der Waals surface area contributed by atoms with Crippen molar-refractivity contribution in [3.8, 4) is 11.4 Å². The molecule has 0 aliphatic carbocycles. The molecule has 1 amide bonds. The van der Waals surface area contributed by atoms with Gasteiger partial charge in [-0.05, 0) is 38.1 Å². The van der Waals surface area contributed by atoms with Crippen molar-refractivity contribution < 1.29 is 9.32 Å². The Balaban J connectivity index is 1.68. The third-order valence-corrected chi connectivity index (χ3v) is 4.96. The SMILES string of the molecule is O=C1NCCN(c2nc(-c3cccc(Cl)c3)no2)C12CCNCC2. The zero-order valence-corrected chi connectivity index (χ0v) is 13.8. The predicted octanol–water partition coefficient (Wildman–Crippen LogP) is 1.45. The lowest BCUT2D eigenvalue weighted by molar-refractivity contribution is -0.128. The Kier molecular flexibility index (Phi) is 3.90. The molecule has 2 aliphatic rings. The molecule has 8 heteroatoms. The number of nitrogens with zero attached hydrogens (tertiary/aromatic N) is 3. The van der Waals surface area contributed by atoms with Crippen LogP contribution in [0.4, 0.5) is 6.01 Å².